The van der Waals surface area contributed by atoms with Crippen LogP contribution in [0.1, 0.15) is 17.3 Å². The topological polar surface area (TPSA) is 172 Å². The first kappa shape index (κ1) is 30.1. The maximum Gasteiger partial charge on any atom is 0.342 e. The summed E-state index contributed by atoms with van der Waals surface area (Å²) in [5.74, 6) is -1.55. The van der Waals surface area contributed by atoms with E-state index in [1.54, 1.807) is 60.5 Å². The Morgan fingerprint density at radius 1 is 0.978 bits per heavy atom. The van der Waals surface area contributed by atoms with Crippen LogP contribution in [-0.2, 0) is 6.54 Å². The van der Waals surface area contributed by atoms with Gasteiger partial charge in [0, 0.05) is 43.0 Å². The lowest BCUT2D eigenvalue weighted by atomic mass is 10.3. The van der Waals surface area contributed by atoms with Crippen molar-refractivity contribution in [2.45, 2.75) is 13.5 Å². The predicted molar refractivity (Wildman–Crippen MR) is 160 cm³/mol. The van der Waals surface area contributed by atoms with Gasteiger partial charge in [0.25, 0.3) is 5.56 Å². The van der Waals surface area contributed by atoms with Crippen molar-refractivity contribution in [1.82, 2.24) is 28.7 Å². The molecule has 6 rings (SSSR count). The number of aromatic nitrogens is 6. The molecule has 0 aliphatic rings. The summed E-state index contributed by atoms with van der Waals surface area (Å²) >= 11 is 0. The molecule has 4 aromatic heterocycles. The molecule has 228 valence electrons. The van der Waals surface area contributed by atoms with Gasteiger partial charge in [0.05, 0.1) is 23.8 Å². The van der Waals surface area contributed by atoms with Gasteiger partial charge in [-0.3, -0.25) is 9.36 Å². The highest BCUT2D eigenvalue weighted by Crippen LogP contribution is 2.31. The summed E-state index contributed by atoms with van der Waals surface area (Å²) < 4.78 is 36.1. The summed E-state index contributed by atoms with van der Waals surface area (Å²) in [5, 5.41) is 16.3. The van der Waals surface area contributed by atoms with Crippen molar-refractivity contribution in [3.05, 3.63) is 130 Å². The molecule has 2 aromatic carbocycles. The molecule has 0 spiro atoms. The molecule has 15 heteroatoms. The van der Waals surface area contributed by atoms with E-state index in [4.69, 9.17) is 15.6 Å². The number of pyridine rings is 1. The molecule has 4 N–H and O–H groups in total. The summed E-state index contributed by atoms with van der Waals surface area (Å²) in [6.45, 7) is 1.85. The summed E-state index contributed by atoms with van der Waals surface area (Å²) in [4.78, 5) is 43.5. The number of fused-ring (bicyclic) bond motifs is 1. The van der Waals surface area contributed by atoms with Crippen molar-refractivity contribution in [3.8, 4) is 17.2 Å². The number of aromatic carboxylic acids is 1. The summed E-state index contributed by atoms with van der Waals surface area (Å²) in [5.41, 5.74) is 5.22. The number of nitrogens with one attached hydrogen (secondary N) is 1. The second-order valence-corrected chi connectivity index (χ2v) is 9.28. The average Bonchev–Trinajstić information content (AvgIpc) is 3.49. The Kier molecular flexibility index (Phi) is 8.60. The van der Waals surface area contributed by atoms with Crippen molar-refractivity contribution < 1.29 is 23.4 Å². The molecule has 0 aliphatic heterocycles. The number of aryl methyl sites for hydroxylation is 1. The van der Waals surface area contributed by atoms with E-state index in [9.17, 15) is 23.2 Å². The molecule has 45 heavy (non-hydrogen) atoms. The number of halogens is 2. The summed E-state index contributed by atoms with van der Waals surface area (Å²) in [6, 6.07) is 14.1. The van der Waals surface area contributed by atoms with Gasteiger partial charge < -0.3 is 20.9 Å². The normalized spacial score (nSPS) is 10.6. The monoisotopic (exact) mass is 614 g/mol. The molecule has 0 saturated carbocycles. The zero-order chi connectivity index (χ0) is 32.1. The number of carboxylic acids is 1. The third kappa shape index (κ3) is 6.67. The number of carbonyl (C=O) groups is 1. The minimum Gasteiger partial charge on any atom is -0.477 e. The molecular weight excluding hydrogens is 590 g/mol. The van der Waals surface area contributed by atoms with E-state index in [1.165, 1.54) is 24.3 Å². The third-order valence-electron chi connectivity index (χ3n) is 6.28. The zero-order valence-electron chi connectivity index (χ0n) is 23.5. The van der Waals surface area contributed by atoms with Crippen LogP contribution in [0.5, 0.6) is 11.5 Å². The molecule has 0 atom stereocenters. The van der Waals surface area contributed by atoms with E-state index in [0.29, 0.717) is 33.2 Å². The van der Waals surface area contributed by atoms with Gasteiger partial charge in [-0.15, -0.1) is 0 Å². The number of rotatable bonds is 7. The maximum absolute atomic E-state index is 14.0. The Morgan fingerprint density at radius 2 is 1.71 bits per heavy atom. The lowest BCUT2D eigenvalue weighted by Crippen LogP contribution is -2.41. The number of nitrogen functional groups attached to an aromatic ring is 1. The van der Waals surface area contributed by atoms with E-state index in [2.05, 4.69) is 20.4 Å². The Bertz CT molecular complexity index is 2110. The molecule has 0 amide bonds. The van der Waals surface area contributed by atoms with Crippen LogP contribution >= 0.6 is 0 Å². The van der Waals surface area contributed by atoms with Gasteiger partial charge in [-0.1, -0.05) is 0 Å². The number of hydrogen-bond acceptors (Lipinski definition) is 9. The van der Waals surface area contributed by atoms with E-state index < -0.39 is 34.4 Å². The fourth-order valence-corrected chi connectivity index (χ4v) is 4.15. The van der Waals surface area contributed by atoms with Crippen LogP contribution in [0.15, 0.2) is 101 Å². The molecule has 0 aliphatic carbocycles. The number of benzene rings is 2. The third-order valence-corrected chi connectivity index (χ3v) is 6.28. The first-order chi connectivity index (χ1) is 21.6. The van der Waals surface area contributed by atoms with E-state index in [1.807, 2.05) is 0 Å². The van der Waals surface area contributed by atoms with Crippen molar-refractivity contribution in [2.75, 3.05) is 11.1 Å². The lowest BCUT2D eigenvalue weighted by Gasteiger charge is -2.11. The predicted octanol–water partition coefficient (Wildman–Crippen LogP) is 4.24. The van der Waals surface area contributed by atoms with Crippen molar-refractivity contribution in [2.24, 2.45) is 0 Å². The standard InChI is InChI=1S/C17H13FN6O.C13H11FN2O4/c18-13-8-11(19)2-3-15(13)25-16-9-12(10-24-14(16)4-7-22-24)23-17-20-5-1-6-21-17;1-2-15-7-10(12(18)19)11(17)16(13(15)20)9-5-3-8(14)4-6-9/h1-10H,19H2,(H,20,21,23);3-7H,2H2,1H3,(H,18,19). The van der Waals surface area contributed by atoms with Gasteiger partial charge in [0.1, 0.15) is 16.9 Å². The van der Waals surface area contributed by atoms with E-state index in [-0.39, 0.29) is 18.0 Å². The van der Waals surface area contributed by atoms with Gasteiger partial charge in [-0.2, -0.15) is 5.10 Å². The number of anilines is 3. The van der Waals surface area contributed by atoms with Crippen LogP contribution in [0.3, 0.4) is 0 Å². The van der Waals surface area contributed by atoms with Crippen molar-refractivity contribution >= 4 is 28.8 Å². The Hall–Kier alpha value is -6.38. The van der Waals surface area contributed by atoms with E-state index >= 15 is 0 Å². The molecule has 0 bridgehead atoms. The number of carboxylic acid groups (broad SMARTS) is 1. The lowest BCUT2D eigenvalue weighted by molar-refractivity contribution is 0.0693. The molecule has 6 aromatic rings. The Morgan fingerprint density at radius 3 is 2.38 bits per heavy atom. The molecule has 0 radical (unpaired) electrons. The van der Waals surface area contributed by atoms with Gasteiger partial charge in [-0.05, 0) is 55.5 Å². The van der Waals surface area contributed by atoms with Gasteiger partial charge in [-0.25, -0.2) is 37.4 Å². The molecule has 0 unspecified atom stereocenters. The van der Waals surface area contributed by atoms with Crippen LogP contribution in [0.25, 0.3) is 11.2 Å². The molecule has 4 heterocycles. The molecular formula is C30H24F2N8O5. The zero-order valence-corrected chi connectivity index (χ0v) is 23.5. The number of hydrogen-bond donors (Lipinski definition) is 3. The quantitative estimate of drug-likeness (QED) is 0.221. The van der Waals surface area contributed by atoms with Crippen LogP contribution in [0, 0.1) is 11.6 Å². The molecule has 13 nitrogen and oxygen atoms in total. The van der Waals surface area contributed by atoms with Gasteiger partial charge >= 0.3 is 11.7 Å². The highest BCUT2D eigenvalue weighted by Gasteiger charge is 2.17. The smallest absolute Gasteiger partial charge is 0.342 e. The van der Waals surface area contributed by atoms with Crippen molar-refractivity contribution in [1.29, 1.82) is 0 Å². The first-order valence-corrected chi connectivity index (χ1v) is 13.2. The number of nitrogens with two attached hydrogens (primary N) is 1. The highest BCUT2D eigenvalue weighted by atomic mass is 19.1. The van der Waals surface area contributed by atoms with E-state index in [0.717, 1.165) is 22.9 Å². The van der Waals surface area contributed by atoms with Gasteiger partial charge in [0.15, 0.2) is 17.3 Å². The van der Waals surface area contributed by atoms with Crippen LogP contribution < -0.4 is 27.0 Å². The maximum atomic E-state index is 14.0. The average molecular weight is 615 g/mol. The minimum atomic E-state index is -1.42. The highest BCUT2D eigenvalue weighted by molar-refractivity contribution is 5.86. The van der Waals surface area contributed by atoms with Crippen LogP contribution in [0.2, 0.25) is 0 Å². The summed E-state index contributed by atoms with van der Waals surface area (Å²) in [7, 11) is 0. The summed E-state index contributed by atoms with van der Waals surface area (Å²) in [6.07, 6.45) is 7.65. The fourth-order valence-electron chi connectivity index (χ4n) is 4.15. The largest absolute Gasteiger partial charge is 0.477 e. The second-order valence-electron chi connectivity index (χ2n) is 9.28. The Labute approximate surface area is 252 Å². The van der Waals surface area contributed by atoms with Crippen molar-refractivity contribution in [3.63, 3.8) is 0 Å². The van der Waals surface area contributed by atoms with Gasteiger partial charge in [0.2, 0.25) is 5.95 Å². The Balaban J connectivity index is 0.000000183. The SMILES string of the molecule is CCn1cc(C(=O)O)c(=O)n(-c2ccc(F)cc2)c1=O.Nc1ccc(Oc2cc(Nc3ncccn3)cn3nccc23)c(F)c1. The minimum absolute atomic E-state index is 0.0745. The van der Waals surface area contributed by atoms with Crippen LogP contribution in [-0.4, -0.2) is 39.8 Å². The number of nitrogens with zero attached hydrogens (tertiary/aromatic N) is 6. The van der Waals surface area contributed by atoms with Crippen LogP contribution in [0.4, 0.5) is 26.1 Å². The second kappa shape index (κ2) is 12.9. The fraction of sp³-hybridized carbons (Fsp3) is 0.0667. The first-order valence-electron chi connectivity index (χ1n) is 13.2. The molecule has 0 fully saturated rings. The molecule has 0 saturated heterocycles. The number of ether oxygens (including phenoxy) is 1.